The van der Waals surface area contributed by atoms with Crippen LogP contribution in [0.5, 0.6) is 0 Å². The zero-order chi connectivity index (χ0) is 6.10. The molecule has 1 aliphatic heterocycles. The van der Waals surface area contributed by atoms with Crippen molar-refractivity contribution in [2.24, 2.45) is 0 Å². The van der Waals surface area contributed by atoms with E-state index in [4.69, 9.17) is 0 Å². The van der Waals surface area contributed by atoms with E-state index in [1.54, 1.807) is 0 Å². The van der Waals surface area contributed by atoms with Crippen LogP contribution in [0.15, 0.2) is 24.3 Å². The molecule has 0 amide bonds. The molecule has 0 fully saturated rings. The molecule has 9 heavy (non-hydrogen) atoms. The average molecular weight is 111 g/mol. The van der Waals surface area contributed by atoms with E-state index in [9.17, 15) is 0 Å². The maximum atomic E-state index is 2.12. The molecule has 0 nitrogen and oxygen atoms in total. The van der Waals surface area contributed by atoms with Gasteiger partial charge in [-0.05, 0) is 0 Å². The fraction of sp³-hybridized carbons (Fsp3) is 0. The molecular weight excluding hydrogens is 106 g/mol. The molecule has 0 saturated heterocycles. The molecule has 0 aromatic heterocycles. The van der Waals surface area contributed by atoms with Crippen molar-refractivity contribution in [1.29, 1.82) is 0 Å². The molecule has 0 spiro atoms. The Morgan fingerprint density at radius 2 is 2.00 bits per heavy atom. The second-order valence-corrected chi connectivity index (χ2v) is 2.15. The van der Waals surface area contributed by atoms with Gasteiger partial charge in [0.15, 0.2) is 0 Å². The minimum absolute atomic E-state index is 1.33. The van der Waals surface area contributed by atoms with Crippen LogP contribution in [-0.2, 0) is 0 Å². The van der Waals surface area contributed by atoms with Gasteiger partial charge in [-0.2, -0.15) is 0 Å². The summed E-state index contributed by atoms with van der Waals surface area (Å²) in [7, 11) is 2.12. The number of benzene rings is 1. The summed E-state index contributed by atoms with van der Waals surface area (Å²) >= 11 is 0. The van der Waals surface area contributed by atoms with Gasteiger partial charge in [0.2, 0.25) is 0 Å². The molecule has 39 valence electrons. The van der Waals surface area contributed by atoms with Crippen LogP contribution in [0.1, 0.15) is 5.56 Å². The van der Waals surface area contributed by atoms with Crippen molar-refractivity contribution < 1.29 is 0 Å². The third kappa shape index (κ3) is 0.748. The van der Waals surface area contributed by atoms with Crippen molar-refractivity contribution in [3.05, 3.63) is 29.8 Å². The zero-order valence-corrected chi connectivity index (χ0v) is 5.04. The Kier molecular flexibility index (Phi) is 1.05. The van der Waals surface area contributed by atoms with E-state index in [1.165, 1.54) is 11.0 Å². The first kappa shape index (κ1) is 5.04. The fourth-order valence-corrected chi connectivity index (χ4v) is 1.07. The Bertz CT molecular complexity index is 253. The van der Waals surface area contributed by atoms with Gasteiger partial charge in [0.25, 0.3) is 0 Å². The third-order valence-corrected chi connectivity index (χ3v) is 1.55. The number of fused-ring (bicyclic) bond motifs is 1. The van der Waals surface area contributed by atoms with Gasteiger partial charge in [-0.25, -0.2) is 0 Å². The summed E-state index contributed by atoms with van der Waals surface area (Å²) < 4.78 is 0. The average Bonchev–Trinajstić information content (AvgIpc) is 2.33. The molecule has 1 aromatic carbocycles. The summed E-state index contributed by atoms with van der Waals surface area (Å²) in [5, 5.41) is 0. The fourth-order valence-electron chi connectivity index (χ4n) is 1.07. The Morgan fingerprint density at radius 3 is 2.89 bits per heavy atom. The van der Waals surface area contributed by atoms with Crippen LogP contribution in [-0.4, -0.2) is 19.9 Å². The first-order valence-electron chi connectivity index (χ1n) is 3.07. The molecule has 2 heteroatoms. The number of rotatable bonds is 0. The van der Waals surface area contributed by atoms with Gasteiger partial charge in [0, 0.05) is 0 Å². The third-order valence-electron chi connectivity index (χ3n) is 1.55. The van der Waals surface area contributed by atoms with E-state index < -0.39 is 0 Å². The van der Waals surface area contributed by atoms with Crippen LogP contribution in [0.25, 0.3) is 0 Å². The zero-order valence-electron chi connectivity index (χ0n) is 5.04. The molecule has 0 atom stereocenters. The monoisotopic (exact) mass is 111 g/mol. The standard InChI is InChI=1S/C7H5B2/c1-2-4-7-6(3-1)5-8-9-7/h1-5H. The van der Waals surface area contributed by atoms with Crippen molar-refractivity contribution in [3.8, 4) is 0 Å². The van der Waals surface area contributed by atoms with Crippen molar-refractivity contribution in [1.82, 2.24) is 0 Å². The summed E-state index contributed by atoms with van der Waals surface area (Å²) in [5.74, 6) is 2.12. The van der Waals surface area contributed by atoms with Gasteiger partial charge in [0.1, 0.15) is 0 Å². The van der Waals surface area contributed by atoms with Gasteiger partial charge < -0.3 is 0 Å². The Balaban J connectivity index is 2.63. The van der Waals surface area contributed by atoms with E-state index in [2.05, 4.69) is 44.2 Å². The van der Waals surface area contributed by atoms with Crippen molar-refractivity contribution in [2.45, 2.75) is 0 Å². The van der Waals surface area contributed by atoms with E-state index in [0.29, 0.717) is 0 Å². The van der Waals surface area contributed by atoms with Crippen LogP contribution in [0.4, 0.5) is 0 Å². The summed E-state index contributed by atoms with van der Waals surface area (Å²) in [6.45, 7) is 2.07. The van der Waals surface area contributed by atoms with Crippen LogP contribution < -0.4 is 5.46 Å². The SMILES string of the molecule is [B]1B=Cc2ccccc21. The van der Waals surface area contributed by atoms with E-state index in [0.717, 1.165) is 0 Å². The molecule has 0 N–H and O–H groups in total. The molecule has 0 saturated carbocycles. The molecule has 1 aliphatic rings. The quantitative estimate of drug-likeness (QED) is 0.406. The van der Waals surface area contributed by atoms with Crippen molar-refractivity contribution in [2.75, 3.05) is 0 Å². The van der Waals surface area contributed by atoms with Crippen LogP contribution in [0, 0.1) is 0 Å². The van der Waals surface area contributed by atoms with E-state index in [-0.39, 0.29) is 0 Å². The molecule has 2 rings (SSSR count). The summed E-state index contributed by atoms with van der Waals surface area (Å²) in [4.78, 5) is 0. The molecule has 1 heterocycles. The number of hydrogen-bond donors (Lipinski definition) is 0. The predicted octanol–water partition coefficient (Wildman–Crippen LogP) is -0.201. The molecular formula is C7H5B2. The van der Waals surface area contributed by atoms with Gasteiger partial charge >= 0.3 is 55.2 Å². The topological polar surface area (TPSA) is 0 Å². The second-order valence-electron chi connectivity index (χ2n) is 2.15. The van der Waals surface area contributed by atoms with E-state index in [1.807, 2.05) is 0 Å². The molecule has 0 unspecified atom stereocenters. The van der Waals surface area contributed by atoms with E-state index >= 15 is 0 Å². The van der Waals surface area contributed by atoms with Gasteiger partial charge in [-0.3, -0.25) is 0 Å². The molecule has 1 radical (unpaired) electrons. The maximum absolute atomic E-state index is 2.12. The molecule has 1 aromatic rings. The predicted molar refractivity (Wildman–Crippen MR) is 42.8 cm³/mol. The van der Waals surface area contributed by atoms with Crippen LogP contribution in [0.3, 0.4) is 0 Å². The summed E-state index contributed by atoms with van der Waals surface area (Å²) in [6, 6.07) is 8.36. The minimum atomic E-state index is 1.33. The molecule has 0 bridgehead atoms. The Morgan fingerprint density at radius 1 is 1.11 bits per heavy atom. The van der Waals surface area contributed by atoms with Crippen LogP contribution in [0.2, 0.25) is 0 Å². The second kappa shape index (κ2) is 1.87. The Hall–Kier alpha value is -0.780. The first-order chi connectivity index (χ1) is 4.47. The van der Waals surface area contributed by atoms with Gasteiger partial charge in [0.05, 0.1) is 0 Å². The van der Waals surface area contributed by atoms with Crippen LogP contribution >= 0.6 is 0 Å². The van der Waals surface area contributed by atoms with Gasteiger partial charge in [-0.15, -0.1) is 0 Å². The van der Waals surface area contributed by atoms with Crippen molar-refractivity contribution >= 4 is 25.4 Å². The van der Waals surface area contributed by atoms with Gasteiger partial charge in [-0.1, -0.05) is 0 Å². The normalized spacial score (nSPS) is 12.0. The first-order valence-corrected chi connectivity index (χ1v) is 3.07. The number of hydrogen-bond acceptors (Lipinski definition) is 0. The summed E-state index contributed by atoms with van der Waals surface area (Å²) in [5.41, 5.74) is 2.66. The molecule has 0 aliphatic carbocycles. The summed E-state index contributed by atoms with van der Waals surface area (Å²) in [6.07, 6.45) is 0. The van der Waals surface area contributed by atoms with Crippen molar-refractivity contribution in [3.63, 3.8) is 0 Å². The Labute approximate surface area is 56.0 Å².